The molecule has 12 heavy (non-hydrogen) atoms. The maximum atomic E-state index is 10.8. The zero-order valence-corrected chi connectivity index (χ0v) is 9.59. The largest absolute Gasteiger partial charge is 0.300 e. The molecule has 0 aliphatic carbocycles. The summed E-state index contributed by atoms with van der Waals surface area (Å²) in [5.41, 5.74) is 0. The number of rotatable bonds is 3. The monoisotopic (exact) mass is 246 g/mol. The molecule has 0 saturated carbocycles. The van der Waals surface area contributed by atoms with E-state index in [4.69, 9.17) is 0 Å². The Morgan fingerprint density at radius 3 is 2.75 bits per heavy atom. The van der Waals surface area contributed by atoms with Gasteiger partial charge in [-0.25, -0.2) is 0 Å². The lowest BCUT2D eigenvalue weighted by atomic mass is 10.2. The zero-order valence-electron chi connectivity index (χ0n) is 7.19. The van der Waals surface area contributed by atoms with Crippen LogP contribution in [0.2, 0.25) is 0 Å². The molecule has 3 heteroatoms. The molecule has 66 valence electrons. The van der Waals surface area contributed by atoms with Crippen LogP contribution in [0.4, 0.5) is 0 Å². The number of Topliss-reactive ketones (excluding diaryl/α,β-unsaturated/α-hetero) is 1. The third-order valence-electron chi connectivity index (χ3n) is 1.55. The maximum Gasteiger partial charge on any atom is 0.135 e. The van der Waals surface area contributed by atoms with Crippen LogP contribution in [0.15, 0.2) is 10.5 Å². The van der Waals surface area contributed by atoms with Gasteiger partial charge in [0.1, 0.15) is 5.78 Å². The minimum Gasteiger partial charge on any atom is -0.300 e. The molecule has 0 aliphatic rings. The molecule has 0 saturated heterocycles. The number of hydrogen-bond donors (Lipinski definition) is 0. The summed E-state index contributed by atoms with van der Waals surface area (Å²) in [5, 5.41) is 0. The number of thiophene rings is 1. The van der Waals surface area contributed by atoms with Crippen molar-refractivity contribution in [3.8, 4) is 0 Å². The van der Waals surface area contributed by atoms with Crippen molar-refractivity contribution < 1.29 is 4.79 Å². The molecule has 0 amide bonds. The van der Waals surface area contributed by atoms with Gasteiger partial charge in [-0.1, -0.05) is 6.92 Å². The van der Waals surface area contributed by atoms with Gasteiger partial charge in [-0.15, -0.1) is 11.3 Å². The van der Waals surface area contributed by atoms with E-state index in [-0.39, 0.29) is 5.78 Å². The van der Waals surface area contributed by atoms with Crippen molar-refractivity contribution in [3.63, 3.8) is 0 Å². The SMILES string of the molecule is CCc1sc(CC(C)=O)cc1Br. The van der Waals surface area contributed by atoms with Gasteiger partial charge in [-0.05, 0) is 35.3 Å². The average Bonchev–Trinajstić information content (AvgIpc) is 2.29. The lowest BCUT2D eigenvalue weighted by Gasteiger charge is -1.88. The average molecular weight is 247 g/mol. The number of carbonyl (C=O) groups is 1. The molecule has 0 aromatic carbocycles. The summed E-state index contributed by atoms with van der Waals surface area (Å²) < 4.78 is 1.14. The Kier molecular flexibility index (Phi) is 3.47. The second-order valence-electron chi connectivity index (χ2n) is 2.72. The van der Waals surface area contributed by atoms with Crippen LogP contribution in [-0.2, 0) is 17.6 Å². The first-order chi connectivity index (χ1) is 5.63. The van der Waals surface area contributed by atoms with E-state index in [9.17, 15) is 4.79 Å². The molecule has 0 aliphatic heterocycles. The smallest absolute Gasteiger partial charge is 0.135 e. The standard InChI is InChI=1S/C9H11BrOS/c1-3-9-8(10)5-7(12-9)4-6(2)11/h5H,3-4H2,1-2H3. The van der Waals surface area contributed by atoms with Crippen molar-refractivity contribution in [2.45, 2.75) is 26.7 Å². The van der Waals surface area contributed by atoms with Gasteiger partial charge in [-0.2, -0.15) is 0 Å². The maximum absolute atomic E-state index is 10.8. The quantitative estimate of drug-likeness (QED) is 0.801. The molecule has 0 spiro atoms. The van der Waals surface area contributed by atoms with E-state index in [0.717, 1.165) is 15.8 Å². The van der Waals surface area contributed by atoms with Crippen LogP contribution in [0.3, 0.4) is 0 Å². The summed E-state index contributed by atoms with van der Waals surface area (Å²) in [6, 6.07) is 2.05. The Morgan fingerprint density at radius 2 is 2.33 bits per heavy atom. The highest BCUT2D eigenvalue weighted by Crippen LogP contribution is 2.28. The zero-order chi connectivity index (χ0) is 9.14. The van der Waals surface area contributed by atoms with Gasteiger partial charge >= 0.3 is 0 Å². The fourth-order valence-corrected chi connectivity index (χ4v) is 3.05. The third-order valence-corrected chi connectivity index (χ3v) is 3.80. The fraction of sp³-hybridized carbons (Fsp3) is 0.444. The summed E-state index contributed by atoms with van der Waals surface area (Å²) in [4.78, 5) is 13.3. The predicted octanol–water partition coefficient (Wildman–Crippen LogP) is 3.20. The van der Waals surface area contributed by atoms with E-state index >= 15 is 0 Å². The van der Waals surface area contributed by atoms with Crippen LogP contribution in [0.5, 0.6) is 0 Å². The minimum atomic E-state index is 0.228. The van der Waals surface area contributed by atoms with Crippen molar-refractivity contribution in [1.82, 2.24) is 0 Å². The Labute approximate surface area is 84.9 Å². The molecule has 1 aromatic rings. The Hall–Kier alpha value is -0.150. The summed E-state index contributed by atoms with van der Waals surface area (Å²) in [6.07, 6.45) is 1.60. The molecule has 0 N–H and O–H groups in total. The number of hydrogen-bond acceptors (Lipinski definition) is 2. The lowest BCUT2D eigenvalue weighted by molar-refractivity contribution is -0.116. The Morgan fingerprint density at radius 1 is 1.67 bits per heavy atom. The number of ketones is 1. The molecule has 0 unspecified atom stereocenters. The van der Waals surface area contributed by atoms with Gasteiger partial charge in [-0.3, -0.25) is 4.79 Å². The Balaban J connectivity index is 2.82. The van der Waals surface area contributed by atoms with Crippen LogP contribution in [0.25, 0.3) is 0 Å². The van der Waals surface area contributed by atoms with Crippen molar-refractivity contribution >= 4 is 33.0 Å². The normalized spacial score (nSPS) is 10.2. The van der Waals surface area contributed by atoms with E-state index < -0.39 is 0 Å². The van der Waals surface area contributed by atoms with Gasteiger partial charge in [0, 0.05) is 20.6 Å². The van der Waals surface area contributed by atoms with Gasteiger partial charge in [0.2, 0.25) is 0 Å². The van der Waals surface area contributed by atoms with Crippen molar-refractivity contribution in [2.75, 3.05) is 0 Å². The minimum absolute atomic E-state index is 0.228. The van der Waals surface area contributed by atoms with E-state index in [1.165, 1.54) is 4.88 Å². The van der Waals surface area contributed by atoms with Crippen LogP contribution in [0.1, 0.15) is 23.6 Å². The first-order valence-corrected chi connectivity index (χ1v) is 5.51. The second-order valence-corrected chi connectivity index (χ2v) is 4.79. The summed E-state index contributed by atoms with van der Waals surface area (Å²) in [5.74, 6) is 0.228. The molecule has 0 atom stereocenters. The van der Waals surface area contributed by atoms with Crippen LogP contribution < -0.4 is 0 Å². The molecule has 1 rings (SSSR count). The number of halogens is 1. The predicted molar refractivity (Wildman–Crippen MR) is 55.8 cm³/mol. The first kappa shape index (κ1) is 9.93. The molecule has 0 fully saturated rings. The van der Waals surface area contributed by atoms with E-state index in [2.05, 4.69) is 22.9 Å². The second kappa shape index (κ2) is 4.19. The highest BCUT2D eigenvalue weighted by atomic mass is 79.9. The number of carbonyl (C=O) groups excluding carboxylic acids is 1. The summed E-state index contributed by atoms with van der Waals surface area (Å²) >= 11 is 5.19. The highest BCUT2D eigenvalue weighted by Gasteiger charge is 2.06. The van der Waals surface area contributed by atoms with Gasteiger partial charge in [0.05, 0.1) is 0 Å². The molecular formula is C9H11BrOS. The third kappa shape index (κ3) is 2.42. The number of aryl methyl sites for hydroxylation is 1. The van der Waals surface area contributed by atoms with E-state index in [1.807, 2.05) is 6.07 Å². The lowest BCUT2D eigenvalue weighted by Crippen LogP contribution is -1.92. The van der Waals surface area contributed by atoms with Gasteiger partial charge in [0.15, 0.2) is 0 Å². The van der Waals surface area contributed by atoms with E-state index in [0.29, 0.717) is 6.42 Å². The van der Waals surface area contributed by atoms with Crippen molar-refractivity contribution in [3.05, 3.63) is 20.3 Å². The summed E-state index contributed by atoms with van der Waals surface area (Å²) in [6.45, 7) is 3.74. The van der Waals surface area contributed by atoms with Gasteiger partial charge in [0.25, 0.3) is 0 Å². The first-order valence-electron chi connectivity index (χ1n) is 3.90. The Bertz CT molecular complexity index is 291. The van der Waals surface area contributed by atoms with Crippen molar-refractivity contribution in [1.29, 1.82) is 0 Å². The van der Waals surface area contributed by atoms with Crippen molar-refractivity contribution in [2.24, 2.45) is 0 Å². The molecule has 0 bridgehead atoms. The molecule has 1 nitrogen and oxygen atoms in total. The van der Waals surface area contributed by atoms with Crippen LogP contribution in [0, 0.1) is 0 Å². The topological polar surface area (TPSA) is 17.1 Å². The molecule has 1 aromatic heterocycles. The molecule has 0 radical (unpaired) electrons. The van der Waals surface area contributed by atoms with E-state index in [1.54, 1.807) is 18.3 Å². The molecular weight excluding hydrogens is 236 g/mol. The molecule has 1 heterocycles. The van der Waals surface area contributed by atoms with Gasteiger partial charge < -0.3 is 0 Å². The summed E-state index contributed by atoms with van der Waals surface area (Å²) in [7, 11) is 0. The van der Waals surface area contributed by atoms with Crippen LogP contribution >= 0.6 is 27.3 Å². The van der Waals surface area contributed by atoms with Crippen LogP contribution in [-0.4, -0.2) is 5.78 Å². The fourth-order valence-electron chi connectivity index (χ4n) is 1.03. The highest BCUT2D eigenvalue weighted by molar-refractivity contribution is 9.10.